The van der Waals surface area contributed by atoms with Gasteiger partial charge in [-0.05, 0) is 12.1 Å². The van der Waals surface area contributed by atoms with Crippen molar-refractivity contribution in [3.8, 4) is 0 Å². The zero-order chi connectivity index (χ0) is 15.4. The Morgan fingerprint density at radius 3 is 2.90 bits per heavy atom. The predicted octanol–water partition coefficient (Wildman–Crippen LogP) is 2.99. The van der Waals surface area contributed by atoms with Gasteiger partial charge >= 0.3 is 0 Å². The minimum Gasteiger partial charge on any atom is -0.329 e. The summed E-state index contributed by atoms with van der Waals surface area (Å²) in [7, 11) is 0. The van der Waals surface area contributed by atoms with Crippen LogP contribution < -0.4 is 5.32 Å². The quantitative estimate of drug-likeness (QED) is 0.657. The molecule has 0 unspecified atom stereocenters. The number of hydrogen-bond acceptors (Lipinski definition) is 4. The molecule has 2 aromatic rings. The molecule has 0 atom stereocenters. The number of halogens is 1. The molecule has 0 aliphatic carbocycles. The van der Waals surface area contributed by atoms with Gasteiger partial charge in [-0.15, -0.1) is 0 Å². The van der Waals surface area contributed by atoms with Gasteiger partial charge in [0.1, 0.15) is 5.82 Å². The van der Waals surface area contributed by atoms with E-state index in [4.69, 9.17) is 11.6 Å². The highest BCUT2D eigenvalue weighted by Crippen LogP contribution is 2.23. The summed E-state index contributed by atoms with van der Waals surface area (Å²) in [6, 6.07) is 4.92. The average molecular weight is 309 g/mol. The Hall–Kier alpha value is -1.92. The summed E-state index contributed by atoms with van der Waals surface area (Å²) in [6.07, 6.45) is 3.50. The maximum Gasteiger partial charge on any atom is 0.274 e. The summed E-state index contributed by atoms with van der Waals surface area (Å²) in [5.41, 5.74) is 0.632. The van der Waals surface area contributed by atoms with E-state index >= 15 is 0 Å². The zero-order valence-corrected chi connectivity index (χ0v) is 12.7. The number of rotatable bonds is 6. The molecule has 0 amide bonds. The molecule has 0 spiro atoms. The fraction of sp³-hybridized carbons (Fsp3) is 0.357. The van der Waals surface area contributed by atoms with Gasteiger partial charge < -0.3 is 9.88 Å². The summed E-state index contributed by atoms with van der Waals surface area (Å²) in [6.45, 7) is 5.08. The molecule has 21 heavy (non-hydrogen) atoms. The molecule has 0 fully saturated rings. The normalized spacial score (nSPS) is 11.0. The lowest BCUT2D eigenvalue weighted by atomic mass is 10.2. The maximum atomic E-state index is 11.1. The van der Waals surface area contributed by atoms with Gasteiger partial charge in [0, 0.05) is 29.5 Å². The van der Waals surface area contributed by atoms with E-state index in [-0.39, 0.29) is 5.69 Å². The Kier molecular flexibility index (Phi) is 4.93. The fourth-order valence-electron chi connectivity index (χ4n) is 1.99. The third kappa shape index (κ3) is 4.03. The first kappa shape index (κ1) is 15.5. The highest BCUT2D eigenvalue weighted by Gasteiger charge is 2.15. The number of nitrogens with zero attached hydrogens (tertiary/aromatic N) is 3. The first-order valence-corrected chi connectivity index (χ1v) is 7.01. The third-order valence-corrected chi connectivity index (χ3v) is 3.28. The van der Waals surface area contributed by atoms with E-state index in [0.717, 1.165) is 5.82 Å². The van der Waals surface area contributed by atoms with Gasteiger partial charge in [0.15, 0.2) is 0 Å². The van der Waals surface area contributed by atoms with Gasteiger partial charge in [0.05, 0.1) is 23.6 Å². The predicted molar refractivity (Wildman–Crippen MR) is 81.4 cm³/mol. The molecule has 112 valence electrons. The van der Waals surface area contributed by atoms with E-state index in [9.17, 15) is 10.1 Å². The SMILES string of the molecule is CC(C)NCc1nccn1Cc1cc(Cl)ccc1[N+](=O)[O-]. The van der Waals surface area contributed by atoms with Gasteiger partial charge in [-0.25, -0.2) is 4.98 Å². The monoisotopic (exact) mass is 308 g/mol. The highest BCUT2D eigenvalue weighted by atomic mass is 35.5. The first-order chi connectivity index (χ1) is 9.97. The van der Waals surface area contributed by atoms with Crippen LogP contribution in [0.2, 0.25) is 5.02 Å². The van der Waals surface area contributed by atoms with E-state index in [2.05, 4.69) is 24.1 Å². The molecule has 6 nitrogen and oxygen atoms in total. The van der Waals surface area contributed by atoms with Gasteiger partial charge in [0.2, 0.25) is 0 Å². The van der Waals surface area contributed by atoms with Crippen LogP contribution in [0.3, 0.4) is 0 Å². The van der Waals surface area contributed by atoms with E-state index in [1.807, 2.05) is 10.8 Å². The van der Waals surface area contributed by atoms with Crippen LogP contribution in [0.4, 0.5) is 5.69 Å². The number of nitro groups is 1. The van der Waals surface area contributed by atoms with E-state index < -0.39 is 4.92 Å². The second-order valence-corrected chi connectivity index (χ2v) is 5.47. The van der Waals surface area contributed by atoms with Crippen molar-refractivity contribution in [2.24, 2.45) is 0 Å². The maximum absolute atomic E-state index is 11.1. The van der Waals surface area contributed by atoms with Crippen molar-refractivity contribution in [2.45, 2.75) is 33.0 Å². The van der Waals surface area contributed by atoms with Gasteiger partial charge in [0.25, 0.3) is 5.69 Å². The molecule has 2 rings (SSSR count). The zero-order valence-electron chi connectivity index (χ0n) is 11.9. The van der Waals surface area contributed by atoms with Crippen molar-refractivity contribution in [1.29, 1.82) is 0 Å². The van der Waals surface area contributed by atoms with Crippen molar-refractivity contribution in [3.63, 3.8) is 0 Å². The summed E-state index contributed by atoms with van der Waals surface area (Å²) >= 11 is 5.94. The summed E-state index contributed by atoms with van der Waals surface area (Å²) in [5.74, 6) is 0.831. The second-order valence-electron chi connectivity index (χ2n) is 5.04. The smallest absolute Gasteiger partial charge is 0.274 e. The van der Waals surface area contributed by atoms with E-state index in [0.29, 0.717) is 29.7 Å². The Morgan fingerprint density at radius 1 is 1.48 bits per heavy atom. The van der Waals surface area contributed by atoms with Crippen LogP contribution in [0, 0.1) is 10.1 Å². The molecule has 1 aromatic carbocycles. The van der Waals surface area contributed by atoms with Crippen LogP contribution in [0.5, 0.6) is 0 Å². The van der Waals surface area contributed by atoms with Gasteiger partial charge in [-0.2, -0.15) is 0 Å². The number of imidazole rings is 1. The van der Waals surface area contributed by atoms with Crippen molar-refractivity contribution in [1.82, 2.24) is 14.9 Å². The Bertz CT molecular complexity index is 640. The first-order valence-electron chi connectivity index (χ1n) is 6.63. The lowest BCUT2D eigenvalue weighted by Gasteiger charge is -2.11. The molecule has 0 aliphatic rings. The Labute approximate surface area is 127 Å². The number of aromatic nitrogens is 2. The molecule has 0 bridgehead atoms. The molecular weight excluding hydrogens is 292 g/mol. The molecule has 0 saturated heterocycles. The number of nitro benzene ring substituents is 1. The lowest BCUT2D eigenvalue weighted by Crippen LogP contribution is -2.24. The van der Waals surface area contributed by atoms with E-state index in [1.54, 1.807) is 12.3 Å². The average Bonchev–Trinajstić information content (AvgIpc) is 2.83. The van der Waals surface area contributed by atoms with Gasteiger partial charge in [-0.3, -0.25) is 10.1 Å². The van der Waals surface area contributed by atoms with Crippen LogP contribution in [-0.2, 0) is 13.1 Å². The van der Waals surface area contributed by atoms with Crippen molar-refractivity contribution in [3.05, 3.63) is 57.1 Å². The standard InChI is InChI=1S/C14H17ClN4O2/c1-10(2)17-8-14-16-5-6-18(14)9-11-7-12(15)3-4-13(11)19(20)21/h3-7,10,17H,8-9H2,1-2H3. The van der Waals surface area contributed by atoms with Crippen molar-refractivity contribution < 1.29 is 4.92 Å². The van der Waals surface area contributed by atoms with Crippen LogP contribution >= 0.6 is 11.6 Å². The lowest BCUT2D eigenvalue weighted by molar-refractivity contribution is -0.385. The largest absolute Gasteiger partial charge is 0.329 e. The summed E-state index contributed by atoms with van der Waals surface area (Å²) < 4.78 is 1.88. The third-order valence-electron chi connectivity index (χ3n) is 3.05. The fourth-order valence-corrected chi connectivity index (χ4v) is 2.18. The van der Waals surface area contributed by atoms with Crippen LogP contribution in [0.25, 0.3) is 0 Å². The molecule has 1 aromatic heterocycles. The Morgan fingerprint density at radius 2 is 2.24 bits per heavy atom. The number of nitrogens with one attached hydrogen (secondary N) is 1. The molecule has 0 aliphatic heterocycles. The van der Waals surface area contributed by atoms with Crippen LogP contribution in [0.1, 0.15) is 25.2 Å². The molecule has 1 N–H and O–H groups in total. The molecule has 7 heteroatoms. The molecule has 0 saturated carbocycles. The second kappa shape index (κ2) is 6.69. The van der Waals surface area contributed by atoms with Gasteiger partial charge in [-0.1, -0.05) is 25.4 Å². The van der Waals surface area contributed by atoms with Crippen LogP contribution in [0.15, 0.2) is 30.6 Å². The highest BCUT2D eigenvalue weighted by molar-refractivity contribution is 6.30. The summed E-state index contributed by atoms with van der Waals surface area (Å²) in [4.78, 5) is 15.0. The van der Waals surface area contributed by atoms with Crippen molar-refractivity contribution >= 4 is 17.3 Å². The van der Waals surface area contributed by atoms with E-state index in [1.165, 1.54) is 12.1 Å². The topological polar surface area (TPSA) is 73.0 Å². The molecular formula is C14H17ClN4O2. The number of hydrogen-bond donors (Lipinski definition) is 1. The van der Waals surface area contributed by atoms with Crippen LogP contribution in [-0.4, -0.2) is 20.5 Å². The summed E-state index contributed by atoms with van der Waals surface area (Å²) in [5, 5.41) is 14.9. The van der Waals surface area contributed by atoms with Crippen molar-refractivity contribution in [2.75, 3.05) is 0 Å². The molecule has 1 heterocycles. The minimum atomic E-state index is -0.394. The Balaban J connectivity index is 2.24. The minimum absolute atomic E-state index is 0.0656. The number of benzene rings is 1. The molecule has 0 radical (unpaired) electrons.